The molecule has 0 aliphatic carbocycles. The molecule has 0 saturated heterocycles. The summed E-state index contributed by atoms with van der Waals surface area (Å²) in [5.74, 6) is 0.343. The number of aryl methyl sites for hydroxylation is 1. The number of nitrogens with one attached hydrogen (secondary N) is 1. The van der Waals surface area contributed by atoms with E-state index in [-0.39, 0.29) is 0 Å². The molecular weight excluding hydrogens is 258 g/mol. The third-order valence-corrected chi connectivity index (χ3v) is 3.87. The second-order valence-electron chi connectivity index (χ2n) is 5.15. The number of hydrogen-bond donors (Lipinski definition) is 2. The predicted molar refractivity (Wildman–Crippen MR) is 88.8 cm³/mol. The first kappa shape index (κ1) is 13.5. The van der Waals surface area contributed by atoms with Crippen LogP contribution in [0.5, 0.6) is 5.75 Å². The third-order valence-electron chi connectivity index (χ3n) is 3.87. The lowest BCUT2D eigenvalue weighted by Crippen LogP contribution is -2.03. The van der Waals surface area contributed by atoms with Gasteiger partial charge in [0.2, 0.25) is 0 Å². The van der Waals surface area contributed by atoms with E-state index in [1.807, 2.05) is 24.3 Å². The summed E-state index contributed by atoms with van der Waals surface area (Å²) in [5.41, 5.74) is 3.36. The van der Waals surface area contributed by atoms with Gasteiger partial charge in [0.25, 0.3) is 0 Å². The number of phenols is 1. The van der Waals surface area contributed by atoms with Gasteiger partial charge in [-0.3, -0.25) is 0 Å². The second kappa shape index (κ2) is 5.88. The van der Waals surface area contributed by atoms with Gasteiger partial charge in [0.05, 0.1) is 0 Å². The van der Waals surface area contributed by atoms with Gasteiger partial charge in [-0.05, 0) is 34.9 Å². The monoisotopic (exact) mass is 277 g/mol. The van der Waals surface area contributed by atoms with Crippen LogP contribution in [-0.4, -0.2) is 5.11 Å². The maximum Gasteiger partial charge on any atom is 0.121 e. The van der Waals surface area contributed by atoms with E-state index in [0.29, 0.717) is 12.3 Å². The molecule has 21 heavy (non-hydrogen) atoms. The van der Waals surface area contributed by atoms with E-state index in [2.05, 4.69) is 42.6 Å². The molecule has 2 N–H and O–H groups in total. The van der Waals surface area contributed by atoms with Gasteiger partial charge >= 0.3 is 0 Å². The lowest BCUT2D eigenvalue weighted by atomic mass is 10.0. The van der Waals surface area contributed by atoms with Gasteiger partial charge in [-0.15, -0.1) is 0 Å². The standard InChI is InChI=1S/C19H19NO/c1-2-14-7-4-6-10-18(14)20-13-17-16-9-5-3-8-15(16)11-12-19(17)21/h3-12,20-21H,2,13H2,1H3. The number of fused-ring (bicyclic) bond motifs is 1. The molecule has 0 unspecified atom stereocenters. The van der Waals surface area contributed by atoms with Crippen LogP contribution in [-0.2, 0) is 13.0 Å². The van der Waals surface area contributed by atoms with Crippen molar-refractivity contribution in [1.82, 2.24) is 0 Å². The lowest BCUT2D eigenvalue weighted by molar-refractivity contribution is 0.470. The fraction of sp³-hybridized carbons (Fsp3) is 0.158. The first-order chi connectivity index (χ1) is 10.3. The summed E-state index contributed by atoms with van der Waals surface area (Å²) in [6.45, 7) is 2.76. The van der Waals surface area contributed by atoms with Gasteiger partial charge in [0.15, 0.2) is 0 Å². The summed E-state index contributed by atoms with van der Waals surface area (Å²) in [6, 6.07) is 20.2. The molecule has 0 fully saturated rings. The van der Waals surface area contributed by atoms with Crippen molar-refractivity contribution >= 4 is 16.5 Å². The Hall–Kier alpha value is -2.48. The predicted octanol–water partition coefficient (Wildman–Crippen LogP) is 4.72. The van der Waals surface area contributed by atoms with E-state index in [4.69, 9.17) is 0 Å². The fourth-order valence-corrected chi connectivity index (χ4v) is 2.69. The van der Waals surface area contributed by atoms with Crippen molar-refractivity contribution in [3.63, 3.8) is 0 Å². The van der Waals surface area contributed by atoms with Crippen molar-refractivity contribution in [2.24, 2.45) is 0 Å². The Morgan fingerprint density at radius 3 is 2.52 bits per heavy atom. The highest BCUT2D eigenvalue weighted by Gasteiger charge is 2.07. The Kier molecular flexibility index (Phi) is 3.78. The molecule has 3 aromatic carbocycles. The number of benzene rings is 3. The second-order valence-corrected chi connectivity index (χ2v) is 5.15. The van der Waals surface area contributed by atoms with Crippen molar-refractivity contribution in [3.05, 3.63) is 71.8 Å². The molecule has 0 aromatic heterocycles. The maximum atomic E-state index is 10.2. The van der Waals surface area contributed by atoms with E-state index in [1.54, 1.807) is 6.07 Å². The van der Waals surface area contributed by atoms with Crippen molar-refractivity contribution in [3.8, 4) is 5.75 Å². The Bertz CT molecular complexity index is 764. The number of rotatable bonds is 4. The first-order valence-electron chi connectivity index (χ1n) is 7.31. The van der Waals surface area contributed by atoms with Crippen LogP contribution in [0.2, 0.25) is 0 Å². The van der Waals surface area contributed by atoms with Crippen LogP contribution in [0.15, 0.2) is 60.7 Å². The average Bonchev–Trinajstić information content (AvgIpc) is 2.54. The quantitative estimate of drug-likeness (QED) is 0.723. The van der Waals surface area contributed by atoms with Gasteiger partial charge in [0, 0.05) is 17.8 Å². The minimum Gasteiger partial charge on any atom is -0.508 e. The van der Waals surface area contributed by atoms with Crippen LogP contribution < -0.4 is 5.32 Å². The molecule has 0 saturated carbocycles. The summed E-state index contributed by atoms with van der Waals surface area (Å²) in [7, 11) is 0. The molecule has 2 heteroatoms. The maximum absolute atomic E-state index is 10.2. The van der Waals surface area contributed by atoms with E-state index in [1.165, 1.54) is 5.56 Å². The highest BCUT2D eigenvalue weighted by Crippen LogP contribution is 2.28. The molecule has 106 valence electrons. The number of hydrogen-bond acceptors (Lipinski definition) is 2. The van der Waals surface area contributed by atoms with Gasteiger partial charge in [-0.2, -0.15) is 0 Å². The van der Waals surface area contributed by atoms with Crippen LogP contribution >= 0.6 is 0 Å². The van der Waals surface area contributed by atoms with E-state index < -0.39 is 0 Å². The summed E-state index contributed by atoms with van der Waals surface area (Å²) >= 11 is 0. The molecule has 0 spiro atoms. The molecule has 0 aliphatic rings. The molecule has 0 heterocycles. The minimum absolute atomic E-state index is 0.343. The minimum atomic E-state index is 0.343. The Morgan fingerprint density at radius 2 is 1.67 bits per heavy atom. The van der Waals surface area contributed by atoms with Crippen LogP contribution in [0.25, 0.3) is 10.8 Å². The highest BCUT2D eigenvalue weighted by atomic mass is 16.3. The van der Waals surface area contributed by atoms with Gasteiger partial charge in [0.1, 0.15) is 5.75 Å². The zero-order valence-electron chi connectivity index (χ0n) is 12.1. The van der Waals surface area contributed by atoms with Crippen molar-refractivity contribution in [2.45, 2.75) is 19.9 Å². The summed E-state index contributed by atoms with van der Waals surface area (Å²) in [4.78, 5) is 0. The zero-order valence-corrected chi connectivity index (χ0v) is 12.1. The molecule has 0 amide bonds. The highest BCUT2D eigenvalue weighted by molar-refractivity contribution is 5.87. The molecule has 3 aromatic rings. The molecule has 0 radical (unpaired) electrons. The molecule has 0 atom stereocenters. The number of aromatic hydroxyl groups is 1. The molecule has 0 bridgehead atoms. The Labute approximate surface area is 125 Å². The molecule has 0 aliphatic heterocycles. The SMILES string of the molecule is CCc1ccccc1NCc1c(O)ccc2ccccc12. The number of phenolic OH excluding ortho intramolecular Hbond substituents is 1. The normalized spacial score (nSPS) is 10.7. The topological polar surface area (TPSA) is 32.3 Å². The van der Waals surface area contributed by atoms with Crippen molar-refractivity contribution < 1.29 is 5.11 Å². The molecule has 2 nitrogen and oxygen atoms in total. The number of anilines is 1. The first-order valence-corrected chi connectivity index (χ1v) is 7.31. The lowest BCUT2D eigenvalue weighted by Gasteiger charge is -2.13. The molecule has 3 rings (SSSR count). The van der Waals surface area contributed by atoms with E-state index in [0.717, 1.165) is 28.4 Å². The fourth-order valence-electron chi connectivity index (χ4n) is 2.69. The third kappa shape index (κ3) is 2.70. The Morgan fingerprint density at radius 1 is 0.905 bits per heavy atom. The van der Waals surface area contributed by atoms with Crippen LogP contribution in [0.1, 0.15) is 18.1 Å². The largest absolute Gasteiger partial charge is 0.508 e. The van der Waals surface area contributed by atoms with Gasteiger partial charge in [-0.25, -0.2) is 0 Å². The van der Waals surface area contributed by atoms with E-state index in [9.17, 15) is 5.11 Å². The van der Waals surface area contributed by atoms with Crippen molar-refractivity contribution in [2.75, 3.05) is 5.32 Å². The van der Waals surface area contributed by atoms with Crippen LogP contribution in [0.3, 0.4) is 0 Å². The number of para-hydroxylation sites is 1. The van der Waals surface area contributed by atoms with E-state index >= 15 is 0 Å². The zero-order chi connectivity index (χ0) is 14.7. The van der Waals surface area contributed by atoms with Gasteiger partial charge in [-0.1, -0.05) is 55.5 Å². The summed E-state index contributed by atoms with van der Waals surface area (Å²) in [6.07, 6.45) is 0.991. The van der Waals surface area contributed by atoms with Gasteiger partial charge < -0.3 is 10.4 Å². The Balaban J connectivity index is 1.93. The summed E-state index contributed by atoms with van der Waals surface area (Å²) < 4.78 is 0. The average molecular weight is 277 g/mol. The van der Waals surface area contributed by atoms with Crippen LogP contribution in [0, 0.1) is 0 Å². The van der Waals surface area contributed by atoms with Crippen molar-refractivity contribution in [1.29, 1.82) is 0 Å². The smallest absolute Gasteiger partial charge is 0.121 e. The summed E-state index contributed by atoms with van der Waals surface area (Å²) in [5, 5.41) is 15.9. The molecular formula is C19H19NO. The van der Waals surface area contributed by atoms with Crippen LogP contribution in [0.4, 0.5) is 5.69 Å².